The molecule has 0 radical (unpaired) electrons. The quantitative estimate of drug-likeness (QED) is 0.591. The van der Waals surface area contributed by atoms with Gasteiger partial charge in [-0.1, -0.05) is 39.8 Å². The number of aryl methyl sites for hydroxylation is 1. The minimum Gasteiger partial charge on any atom is -0.338 e. The van der Waals surface area contributed by atoms with E-state index >= 15 is 0 Å². The molecular formula is C27H41N5O2. The Morgan fingerprint density at radius 1 is 1.18 bits per heavy atom. The number of hydrogen-bond acceptors (Lipinski definition) is 5. The van der Waals surface area contributed by atoms with Crippen molar-refractivity contribution in [3.05, 3.63) is 36.0 Å². The highest BCUT2D eigenvalue weighted by atomic mass is 16.2. The van der Waals surface area contributed by atoms with Gasteiger partial charge in [0.1, 0.15) is 12.1 Å². The van der Waals surface area contributed by atoms with Gasteiger partial charge in [0.15, 0.2) is 0 Å². The molecule has 1 aliphatic heterocycles. The van der Waals surface area contributed by atoms with E-state index in [1.54, 1.807) is 0 Å². The molecule has 2 N–H and O–H groups in total. The van der Waals surface area contributed by atoms with Gasteiger partial charge in [-0.2, -0.15) is 5.10 Å². The fourth-order valence-electron chi connectivity index (χ4n) is 4.56. The SMILES string of the molecule is CC(C)C=O.CC(C)CNCC1CCC(C(=O)N2Cc3cnn(C)c3Nc3ccccc32)CC1. The number of anilines is 3. The Balaban J connectivity index is 0.000000588. The number of carbonyl (C=O) groups excluding carboxylic acids is 2. The van der Waals surface area contributed by atoms with Crippen LogP contribution in [0.4, 0.5) is 17.2 Å². The third-order valence-electron chi connectivity index (χ3n) is 6.51. The number of aromatic nitrogens is 2. The lowest BCUT2D eigenvalue weighted by molar-refractivity contribution is -0.123. The number of nitrogens with one attached hydrogen (secondary N) is 2. The molecule has 2 aromatic rings. The maximum Gasteiger partial charge on any atom is 0.230 e. The number of fused-ring (bicyclic) bond motifs is 2. The van der Waals surface area contributed by atoms with Gasteiger partial charge in [-0.3, -0.25) is 9.48 Å². The van der Waals surface area contributed by atoms with Crippen molar-refractivity contribution in [2.45, 2.75) is 59.9 Å². The average Bonchev–Trinajstić information content (AvgIpc) is 3.07. The molecule has 1 aromatic carbocycles. The maximum absolute atomic E-state index is 13.6. The molecule has 1 amide bonds. The minimum absolute atomic E-state index is 0.114. The smallest absolute Gasteiger partial charge is 0.230 e. The molecule has 2 heterocycles. The maximum atomic E-state index is 13.6. The molecule has 1 saturated carbocycles. The van der Waals surface area contributed by atoms with Crippen LogP contribution < -0.4 is 15.5 Å². The number of rotatable bonds is 6. The van der Waals surface area contributed by atoms with Crippen LogP contribution in [0.1, 0.15) is 58.9 Å². The molecule has 1 aliphatic carbocycles. The third kappa shape index (κ3) is 6.69. The zero-order valence-electron chi connectivity index (χ0n) is 21.4. The molecule has 1 fully saturated rings. The van der Waals surface area contributed by atoms with Crippen molar-refractivity contribution < 1.29 is 9.59 Å². The van der Waals surface area contributed by atoms with E-state index < -0.39 is 0 Å². The van der Waals surface area contributed by atoms with E-state index in [9.17, 15) is 9.59 Å². The summed E-state index contributed by atoms with van der Waals surface area (Å²) in [5.41, 5.74) is 2.99. The predicted molar refractivity (Wildman–Crippen MR) is 138 cm³/mol. The normalized spacial score (nSPS) is 19.4. The number of carbonyl (C=O) groups is 2. The lowest BCUT2D eigenvalue weighted by atomic mass is 9.81. The Morgan fingerprint density at radius 3 is 2.50 bits per heavy atom. The second kappa shape index (κ2) is 12.2. The van der Waals surface area contributed by atoms with E-state index in [4.69, 9.17) is 0 Å². The number of para-hydroxylation sites is 2. The summed E-state index contributed by atoms with van der Waals surface area (Å²) in [4.78, 5) is 25.0. The summed E-state index contributed by atoms with van der Waals surface area (Å²) < 4.78 is 1.84. The standard InChI is InChI=1S/C23H33N5O.C4H8O/c1-16(2)12-24-13-17-8-10-18(11-9-17)23(29)28-15-19-14-25-27(3)22(19)26-20-6-4-5-7-21(20)28;1-4(2)3-5/h4-7,14,16-18,24,26H,8-13,15H2,1-3H3;3-4H,1-2H3. The summed E-state index contributed by atoms with van der Waals surface area (Å²) in [7, 11) is 1.93. The van der Waals surface area contributed by atoms with Crippen molar-refractivity contribution in [2.24, 2.45) is 30.7 Å². The van der Waals surface area contributed by atoms with Crippen LogP contribution in [0.2, 0.25) is 0 Å². The molecule has 7 heteroatoms. The molecule has 0 atom stereocenters. The van der Waals surface area contributed by atoms with Crippen molar-refractivity contribution in [3.8, 4) is 0 Å². The van der Waals surface area contributed by atoms with Crippen LogP contribution in [0.15, 0.2) is 30.5 Å². The average molecular weight is 468 g/mol. The van der Waals surface area contributed by atoms with Gasteiger partial charge in [0.05, 0.1) is 24.1 Å². The fraction of sp³-hybridized carbons (Fsp3) is 0.593. The van der Waals surface area contributed by atoms with Crippen molar-refractivity contribution in [1.29, 1.82) is 0 Å². The molecule has 186 valence electrons. The third-order valence-corrected chi connectivity index (χ3v) is 6.51. The summed E-state index contributed by atoms with van der Waals surface area (Å²) in [6.07, 6.45) is 7.02. The fourth-order valence-corrected chi connectivity index (χ4v) is 4.56. The van der Waals surface area contributed by atoms with Crippen LogP contribution >= 0.6 is 0 Å². The number of hydrogen-bond donors (Lipinski definition) is 2. The number of benzene rings is 1. The molecular weight excluding hydrogens is 426 g/mol. The second-order valence-corrected chi connectivity index (χ2v) is 10.4. The van der Waals surface area contributed by atoms with Gasteiger partial charge in [-0.05, 0) is 62.7 Å². The zero-order chi connectivity index (χ0) is 24.7. The van der Waals surface area contributed by atoms with Crippen molar-refractivity contribution >= 4 is 29.4 Å². The van der Waals surface area contributed by atoms with Gasteiger partial charge in [-0.25, -0.2) is 0 Å². The Labute approximate surface area is 204 Å². The summed E-state index contributed by atoms with van der Waals surface area (Å²) in [5, 5.41) is 11.4. The van der Waals surface area contributed by atoms with Crippen LogP contribution in [0.25, 0.3) is 0 Å². The molecule has 0 saturated heterocycles. The summed E-state index contributed by atoms with van der Waals surface area (Å²) in [6, 6.07) is 8.09. The van der Waals surface area contributed by atoms with Crippen LogP contribution in [-0.4, -0.2) is 35.1 Å². The van der Waals surface area contributed by atoms with Gasteiger partial charge in [-0.15, -0.1) is 0 Å². The van der Waals surface area contributed by atoms with Gasteiger partial charge in [0, 0.05) is 24.4 Å². The predicted octanol–water partition coefficient (Wildman–Crippen LogP) is 4.90. The van der Waals surface area contributed by atoms with Crippen LogP contribution in [0.3, 0.4) is 0 Å². The van der Waals surface area contributed by atoms with Gasteiger partial charge < -0.3 is 20.3 Å². The first kappa shape index (κ1) is 25.9. The first-order valence-electron chi connectivity index (χ1n) is 12.6. The van der Waals surface area contributed by atoms with E-state index in [2.05, 4.69) is 29.6 Å². The van der Waals surface area contributed by atoms with Crippen molar-refractivity contribution in [2.75, 3.05) is 23.3 Å². The molecule has 0 unspecified atom stereocenters. The molecule has 0 bridgehead atoms. The van der Waals surface area contributed by atoms with E-state index in [1.165, 1.54) is 0 Å². The van der Waals surface area contributed by atoms with E-state index in [-0.39, 0.29) is 17.7 Å². The van der Waals surface area contributed by atoms with E-state index in [0.29, 0.717) is 18.4 Å². The second-order valence-electron chi connectivity index (χ2n) is 10.4. The van der Waals surface area contributed by atoms with E-state index in [0.717, 1.165) is 67.8 Å². The Kier molecular flexibility index (Phi) is 9.28. The van der Waals surface area contributed by atoms with Crippen molar-refractivity contribution in [3.63, 3.8) is 0 Å². The lowest BCUT2D eigenvalue weighted by Gasteiger charge is -2.32. The highest BCUT2D eigenvalue weighted by Crippen LogP contribution is 2.38. The van der Waals surface area contributed by atoms with Crippen LogP contribution in [-0.2, 0) is 23.2 Å². The molecule has 1 aromatic heterocycles. The minimum atomic E-state index is 0.114. The Bertz CT molecular complexity index is 944. The number of amides is 1. The molecule has 7 nitrogen and oxygen atoms in total. The monoisotopic (exact) mass is 467 g/mol. The summed E-state index contributed by atoms with van der Waals surface area (Å²) in [6.45, 7) is 10.9. The number of aldehydes is 1. The lowest BCUT2D eigenvalue weighted by Crippen LogP contribution is -2.38. The molecule has 34 heavy (non-hydrogen) atoms. The summed E-state index contributed by atoms with van der Waals surface area (Å²) >= 11 is 0. The highest BCUT2D eigenvalue weighted by Gasteiger charge is 2.33. The summed E-state index contributed by atoms with van der Waals surface area (Å²) in [5.74, 6) is 2.91. The Hall–Kier alpha value is -2.67. The van der Waals surface area contributed by atoms with Crippen LogP contribution in [0, 0.1) is 23.7 Å². The molecule has 2 aliphatic rings. The molecule has 4 rings (SSSR count). The topological polar surface area (TPSA) is 79.3 Å². The molecule has 0 spiro atoms. The number of nitrogens with zero attached hydrogens (tertiary/aromatic N) is 3. The van der Waals surface area contributed by atoms with E-state index in [1.807, 2.05) is 60.9 Å². The van der Waals surface area contributed by atoms with Gasteiger partial charge in [0.25, 0.3) is 0 Å². The van der Waals surface area contributed by atoms with Crippen LogP contribution in [0.5, 0.6) is 0 Å². The largest absolute Gasteiger partial charge is 0.338 e. The first-order valence-corrected chi connectivity index (χ1v) is 12.6. The Morgan fingerprint density at radius 2 is 1.85 bits per heavy atom. The first-order chi connectivity index (χ1) is 16.3. The zero-order valence-corrected chi connectivity index (χ0v) is 21.4. The van der Waals surface area contributed by atoms with Crippen molar-refractivity contribution in [1.82, 2.24) is 15.1 Å². The van der Waals surface area contributed by atoms with Gasteiger partial charge >= 0.3 is 0 Å². The highest BCUT2D eigenvalue weighted by molar-refractivity contribution is 5.99. The van der Waals surface area contributed by atoms with Gasteiger partial charge in [0.2, 0.25) is 5.91 Å².